The zero-order valence-corrected chi connectivity index (χ0v) is 11.5. The van der Waals surface area contributed by atoms with E-state index in [1.807, 2.05) is 18.2 Å². The van der Waals surface area contributed by atoms with Crippen LogP contribution in [-0.4, -0.2) is 5.25 Å². The normalized spacial score (nSPS) is 18.9. The van der Waals surface area contributed by atoms with E-state index in [0.29, 0.717) is 0 Å². The number of hydrogen-bond donors (Lipinski definition) is 2. The first-order valence-electron chi connectivity index (χ1n) is 6.34. The topological polar surface area (TPSA) is 38.0 Å². The summed E-state index contributed by atoms with van der Waals surface area (Å²) in [5, 5.41) is 0.0497. The van der Waals surface area contributed by atoms with Crippen molar-refractivity contribution in [3.05, 3.63) is 65.2 Å². The van der Waals surface area contributed by atoms with E-state index >= 15 is 0 Å². The molecule has 2 aromatic carbocycles. The summed E-state index contributed by atoms with van der Waals surface area (Å²) in [6, 6.07) is 11.1. The molecular weight excluding hydrogens is 278 g/mol. The molecule has 1 aliphatic heterocycles. The summed E-state index contributed by atoms with van der Waals surface area (Å²) in [5.41, 5.74) is 4.13. The van der Waals surface area contributed by atoms with Gasteiger partial charge in [-0.25, -0.2) is 8.78 Å². The molecular formula is C15H14F2N2S. The van der Waals surface area contributed by atoms with Crippen LogP contribution in [0.25, 0.3) is 0 Å². The van der Waals surface area contributed by atoms with Gasteiger partial charge in [-0.15, -0.1) is 11.8 Å². The van der Waals surface area contributed by atoms with E-state index in [4.69, 9.17) is 5.84 Å². The monoisotopic (exact) mass is 292 g/mol. The van der Waals surface area contributed by atoms with Crippen LogP contribution in [0.5, 0.6) is 0 Å². The number of hydrazine groups is 1. The van der Waals surface area contributed by atoms with Crippen LogP contribution in [0.3, 0.4) is 0 Å². The molecule has 0 saturated heterocycles. The van der Waals surface area contributed by atoms with Crippen LogP contribution in [-0.2, 0) is 6.42 Å². The average molecular weight is 292 g/mol. The third-order valence-corrected chi connectivity index (χ3v) is 4.91. The minimum absolute atomic E-state index is 0.0497. The molecule has 1 heterocycles. The number of fused-ring (bicyclic) bond motifs is 1. The first-order valence-corrected chi connectivity index (χ1v) is 7.22. The van der Waals surface area contributed by atoms with E-state index in [1.54, 1.807) is 11.8 Å². The van der Waals surface area contributed by atoms with Gasteiger partial charge in [-0.2, -0.15) is 0 Å². The molecule has 3 N–H and O–H groups in total. The van der Waals surface area contributed by atoms with Gasteiger partial charge in [0.1, 0.15) is 11.6 Å². The standard InChI is InChI=1S/C15H14F2N2S/c16-10-5-6-12(17)11(8-10)15(19-18)14-7-9-3-1-2-4-13(9)20-14/h1-6,8,14-15,19H,7,18H2. The molecule has 0 aliphatic carbocycles. The fraction of sp³-hybridized carbons (Fsp3) is 0.200. The van der Waals surface area contributed by atoms with Crippen molar-refractivity contribution in [3.8, 4) is 0 Å². The first kappa shape index (κ1) is 13.5. The molecule has 0 amide bonds. The lowest BCUT2D eigenvalue weighted by atomic mass is 9.98. The molecule has 3 rings (SSSR count). The summed E-state index contributed by atoms with van der Waals surface area (Å²) >= 11 is 1.65. The number of halogens is 2. The number of benzene rings is 2. The highest BCUT2D eigenvalue weighted by Crippen LogP contribution is 2.42. The van der Waals surface area contributed by atoms with Crippen LogP contribution >= 0.6 is 11.8 Å². The van der Waals surface area contributed by atoms with Gasteiger partial charge in [-0.1, -0.05) is 18.2 Å². The third kappa shape index (κ3) is 2.44. The fourth-order valence-corrected chi connectivity index (χ4v) is 3.96. The minimum atomic E-state index is -0.456. The lowest BCUT2D eigenvalue weighted by Gasteiger charge is -2.22. The second-order valence-corrected chi connectivity index (χ2v) is 6.06. The van der Waals surface area contributed by atoms with Crippen molar-refractivity contribution < 1.29 is 8.78 Å². The van der Waals surface area contributed by atoms with Crippen LogP contribution in [0.4, 0.5) is 8.78 Å². The SMILES string of the molecule is NNC(c1cc(F)ccc1F)C1Cc2ccccc2S1. The second kappa shape index (κ2) is 5.52. The van der Waals surface area contributed by atoms with E-state index < -0.39 is 17.7 Å². The molecule has 2 atom stereocenters. The number of thioether (sulfide) groups is 1. The van der Waals surface area contributed by atoms with Gasteiger partial charge in [-0.3, -0.25) is 11.3 Å². The molecule has 20 heavy (non-hydrogen) atoms. The molecule has 1 aliphatic rings. The van der Waals surface area contributed by atoms with Crippen LogP contribution < -0.4 is 11.3 Å². The Bertz CT molecular complexity index is 608. The van der Waals surface area contributed by atoms with Crippen molar-refractivity contribution in [1.82, 2.24) is 5.43 Å². The maximum atomic E-state index is 13.9. The Morgan fingerprint density at radius 2 is 2.00 bits per heavy atom. The number of nitrogens with two attached hydrogens (primary N) is 1. The highest BCUT2D eigenvalue weighted by atomic mass is 32.2. The Morgan fingerprint density at radius 1 is 1.20 bits per heavy atom. The van der Waals surface area contributed by atoms with Gasteiger partial charge in [0, 0.05) is 15.7 Å². The first-order chi connectivity index (χ1) is 9.69. The van der Waals surface area contributed by atoms with Gasteiger partial charge in [0.2, 0.25) is 0 Å². The Hall–Kier alpha value is -1.43. The van der Waals surface area contributed by atoms with Gasteiger partial charge < -0.3 is 0 Å². The quantitative estimate of drug-likeness (QED) is 0.674. The second-order valence-electron chi connectivity index (χ2n) is 4.78. The van der Waals surface area contributed by atoms with E-state index in [0.717, 1.165) is 18.6 Å². The van der Waals surface area contributed by atoms with Gasteiger partial charge in [-0.05, 0) is 36.2 Å². The van der Waals surface area contributed by atoms with Crippen molar-refractivity contribution >= 4 is 11.8 Å². The number of rotatable bonds is 3. The summed E-state index contributed by atoms with van der Waals surface area (Å²) in [6.45, 7) is 0. The molecule has 0 fully saturated rings. The van der Waals surface area contributed by atoms with Crippen molar-refractivity contribution in [2.24, 2.45) is 5.84 Å². The van der Waals surface area contributed by atoms with Gasteiger partial charge >= 0.3 is 0 Å². The van der Waals surface area contributed by atoms with Crippen LogP contribution in [0.1, 0.15) is 17.2 Å². The lowest BCUT2D eigenvalue weighted by molar-refractivity contribution is 0.491. The largest absolute Gasteiger partial charge is 0.271 e. The highest BCUT2D eigenvalue weighted by Gasteiger charge is 2.31. The maximum absolute atomic E-state index is 13.9. The molecule has 2 unspecified atom stereocenters. The summed E-state index contributed by atoms with van der Waals surface area (Å²) < 4.78 is 27.3. The molecule has 104 valence electrons. The highest BCUT2D eigenvalue weighted by molar-refractivity contribution is 8.00. The van der Waals surface area contributed by atoms with E-state index in [2.05, 4.69) is 11.5 Å². The fourth-order valence-electron chi connectivity index (χ4n) is 2.55. The number of hydrogen-bond acceptors (Lipinski definition) is 3. The molecule has 2 aromatic rings. The van der Waals surface area contributed by atoms with Gasteiger partial charge in [0.25, 0.3) is 0 Å². The predicted molar refractivity (Wildman–Crippen MR) is 76.2 cm³/mol. The van der Waals surface area contributed by atoms with Crippen LogP contribution in [0.15, 0.2) is 47.4 Å². The Balaban J connectivity index is 1.91. The zero-order valence-electron chi connectivity index (χ0n) is 10.6. The van der Waals surface area contributed by atoms with Crippen LogP contribution in [0.2, 0.25) is 0 Å². The minimum Gasteiger partial charge on any atom is -0.271 e. The van der Waals surface area contributed by atoms with Crippen molar-refractivity contribution in [3.63, 3.8) is 0 Å². The molecule has 0 spiro atoms. The molecule has 0 bridgehead atoms. The Morgan fingerprint density at radius 3 is 2.75 bits per heavy atom. The van der Waals surface area contributed by atoms with Crippen molar-refractivity contribution in [1.29, 1.82) is 0 Å². The van der Waals surface area contributed by atoms with Crippen LogP contribution in [0, 0.1) is 11.6 Å². The average Bonchev–Trinajstić information content (AvgIpc) is 2.87. The van der Waals surface area contributed by atoms with E-state index in [-0.39, 0.29) is 10.8 Å². The van der Waals surface area contributed by atoms with E-state index in [1.165, 1.54) is 16.5 Å². The summed E-state index contributed by atoms with van der Waals surface area (Å²) in [7, 11) is 0. The lowest BCUT2D eigenvalue weighted by Crippen LogP contribution is -2.35. The summed E-state index contributed by atoms with van der Waals surface area (Å²) in [6.07, 6.45) is 0.783. The molecule has 2 nitrogen and oxygen atoms in total. The van der Waals surface area contributed by atoms with E-state index in [9.17, 15) is 8.78 Å². The van der Waals surface area contributed by atoms with Gasteiger partial charge in [0.15, 0.2) is 0 Å². The summed E-state index contributed by atoms with van der Waals surface area (Å²) in [5.74, 6) is 4.69. The smallest absolute Gasteiger partial charge is 0.128 e. The van der Waals surface area contributed by atoms with Crippen molar-refractivity contribution in [2.45, 2.75) is 22.6 Å². The molecule has 0 aromatic heterocycles. The maximum Gasteiger partial charge on any atom is 0.128 e. The molecule has 0 saturated carbocycles. The van der Waals surface area contributed by atoms with Crippen molar-refractivity contribution in [2.75, 3.05) is 0 Å². The molecule has 0 radical (unpaired) electrons. The predicted octanol–water partition coefficient (Wildman–Crippen LogP) is 3.19. The Labute approximate surface area is 120 Å². The Kier molecular flexibility index (Phi) is 3.74. The number of nitrogens with one attached hydrogen (secondary N) is 1. The zero-order chi connectivity index (χ0) is 14.1. The summed E-state index contributed by atoms with van der Waals surface area (Å²) in [4.78, 5) is 1.18. The molecule has 5 heteroatoms. The third-order valence-electron chi connectivity index (χ3n) is 3.52. The van der Waals surface area contributed by atoms with Gasteiger partial charge in [0.05, 0.1) is 6.04 Å².